The fraction of sp³-hybridized carbons (Fsp3) is 1.00. The summed E-state index contributed by atoms with van der Waals surface area (Å²) in [5.74, 6) is 0.956. The Balaban J connectivity index is 1.66. The van der Waals surface area contributed by atoms with Gasteiger partial charge in [-0.3, -0.25) is 5.32 Å². The van der Waals surface area contributed by atoms with E-state index in [9.17, 15) is 0 Å². The van der Waals surface area contributed by atoms with Crippen molar-refractivity contribution in [3.05, 3.63) is 0 Å². The minimum Gasteiger partial charge on any atom is -0.359 e. The minimum atomic E-state index is -0.0102. The van der Waals surface area contributed by atoms with Gasteiger partial charge in [-0.2, -0.15) is 0 Å². The lowest BCUT2D eigenvalue weighted by Gasteiger charge is -2.45. The molecule has 2 atom stereocenters. The highest BCUT2D eigenvalue weighted by Gasteiger charge is 2.42. The van der Waals surface area contributed by atoms with Crippen molar-refractivity contribution < 1.29 is 4.74 Å². The summed E-state index contributed by atoms with van der Waals surface area (Å²) in [6, 6.07) is 0.739. The van der Waals surface area contributed by atoms with E-state index in [1.807, 2.05) is 0 Å². The average molecular weight is 196 g/mol. The monoisotopic (exact) mass is 196 g/mol. The van der Waals surface area contributed by atoms with Crippen molar-refractivity contribution in [1.82, 2.24) is 10.6 Å². The summed E-state index contributed by atoms with van der Waals surface area (Å²) >= 11 is 0. The molecule has 0 aromatic rings. The SMILES string of the molecule is C1CNCC2(C1)NC(C1CC1)CCO2. The predicted octanol–water partition coefficient (Wildman–Crippen LogP) is 0.855. The predicted molar refractivity (Wildman–Crippen MR) is 55.1 cm³/mol. The smallest absolute Gasteiger partial charge is 0.132 e. The van der Waals surface area contributed by atoms with Crippen LogP contribution >= 0.6 is 0 Å². The van der Waals surface area contributed by atoms with E-state index >= 15 is 0 Å². The Bertz CT molecular complexity index is 204. The van der Waals surface area contributed by atoms with Gasteiger partial charge in [-0.05, 0) is 44.6 Å². The first kappa shape index (κ1) is 9.13. The Morgan fingerprint density at radius 2 is 2.14 bits per heavy atom. The van der Waals surface area contributed by atoms with Gasteiger partial charge in [0.1, 0.15) is 5.72 Å². The van der Waals surface area contributed by atoms with Crippen LogP contribution < -0.4 is 10.6 Å². The second kappa shape index (κ2) is 3.47. The van der Waals surface area contributed by atoms with E-state index in [-0.39, 0.29) is 5.72 Å². The van der Waals surface area contributed by atoms with Crippen LogP contribution in [-0.4, -0.2) is 31.5 Å². The zero-order valence-corrected chi connectivity index (χ0v) is 8.72. The number of ether oxygens (including phenoxy) is 1. The molecule has 0 aromatic carbocycles. The third-order valence-electron chi connectivity index (χ3n) is 3.79. The quantitative estimate of drug-likeness (QED) is 0.652. The first-order valence-corrected chi connectivity index (χ1v) is 6.00. The average Bonchev–Trinajstić information content (AvgIpc) is 3.02. The van der Waals surface area contributed by atoms with Gasteiger partial charge in [-0.25, -0.2) is 0 Å². The second-order valence-electron chi connectivity index (χ2n) is 5.00. The molecule has 3 fully saturated rings. The topological polar surface area (TPSA) is 33.3 Å². The van der Waals surface area contributed by atoms with E-state index in [0.29, 0.717) is 0 Å². The van der Waals surface area contributed by atoms with E-state index in [4.69, 9.17) is 4.74 Å². The molecule has 80 valence electrons. The Labute approximate surface area is 85.6 Å². The molecule has 3 heteroatoms. The Kier molecular flexibility index (Phi) is 2.26. The Hall–Kier alpha value is -0.120. The number of hydrogen-bond donors (Lipinski definition) is 2. The maximum absolute atomic E-state index is 5.94. The zero-order valence-electron chi connectivity index (χ0n) is 8.72. The third kappa shape index (κ3) is 1.69. The van der Waals surface area contributed by atoms with Crippen LogP contribution in [0.4, 0.5) is 0 Å². The largest absolute Gasteiger partial charge is 0.359 e. The number of nitrogens with one attached hydrogen (secondary N) is 2. The van der Waals surface area contributed by atoms with Crippen molar-refractivity contribution in [1.29, 1.82) is 0 Å². The van der Waals surface area contributed by atoms with Crippen LogP contribution in [0.2, 0.25) is 0 Å². The van der Waals surface area contributed by atoms with Crippen LogP contribution in [0.5, 0.6) is 0 Å². The summed E-state index contributed by atoms with van der Waals surface area (Å²) in [4.78, 5) is 0. The maximum atomic E-state index is 5.94. The molecule has 2 saturated heterocycles. The molecule has 1 aliphatic carbocycles. The molecule has 3 nitrogen and oxygen atoms in total. The van der Waals surface area contributed by atoms with Gasteiger partial charge in [-0.1, -0.05) is 0 Å². The first-order valence-electron chi connectivity index (χ1n) is 6.00. The molecule has 1 saturated carbocycles. The van der Waals surface area contributed by atoms with Gasteiger partial charge in [0.25, 0.3) is 0 Å². The van der Waals surface area contributed by atoms with Gasteiger partial charge < -0.3 is 10.1 Å². The van der Waals surface area contributed by atoms with Crippen LogP contribution in [0, 0.1) is 5.92 Å². The Morgan fingerprint density at radius 1 is 1.21 bits per heavy atom. The summed E-state index contributed by atoms with van der Waals surface area (Å²) in [5.41, 5.74) is -0.0102. The van der Waals surface area contributed by atoms with Crippen molar-refractivity contribution in [2.24, 2.45) is 5.92 Å². The molecule has 1 spiro atoms. The van der Waals surface area contributed by atoms with Gasteiger partial charge >= 0.3 is 0 Å². The lowest BCUT2D eigenvalue weighted by atomic mass is 9.97. The van der Waals surface area contributed by atoms with E-state index in [0.717, 1.165) is 31.7 Å². The first-order chi connectivity index (χ1) is 6.88. The standard InChI is InChI=1S/C11H20N2O/c1-5-11(8-12-6-1)13-10(4-7-14-11)9-2-3-9/h9-10,12-13H,1-8H2. The van der Waals surface area contributed by atoms with Gasteiger partial charge in [0, 0.05) is 12.6 Å². The fourth-order valence-electron chi connectivity index (χ4n) is 2.81. The van der Waals surface area contributed by atoms with Crippen LogP contribution in [0.25, 0.3) is 0 Å². The van der Waals surface area contributed by atoms with Gasteiger partial charge in [0.2, 0.25) is 0 Å². The normalized spacial score (nSPS) is 44.1. The summed E-state index contributed by atoms with van der Waals surface area (Å²) < 4.78 is 5.94. The Morgan fingerprint density at radius 3 is 2.86 bits per heavy atom. The highest BCUT2D eigenvalue weighted by atomic mass is 16.5. The van der Waals surface area contributed by atoms with E-state index in [2.05, 4.69) is 10.6 Å². The summed E-state index contributed by atoms with van der Waals surface area (Å²) in [6.45, 7) is 3.10. The van der Waals surface area contributed by atoms with E-state index in [1.165, 1.54) is 32.1 Å². The molecule has 2 heterocycles. The second-order valence-corrected chi connectivity index (χ2v) is 5.00. The molecule has 14 heavy (non-hydrogen) atoms. The fourth-order valence-corrected chi connectivity index (χ4v) is 2.81. The van der Waals surface area contributed by atoms with Crippen molar-refractivity contribution in [3.8, 4) is 0 Å². The van der Waals surface area contributed by atoms with E-state index in [1.54, 1.807) is 0 Å². The van der Waals surface area contributed by atoms with Crippen molar-refractivity contribution in [2.75, 3.05) is 19.7 Å². The maximum Gasteiger partial charge on any atom is 0.132 e. The third-order valence-corrected chi connectivity index (χ3v) is 3.79. The molecule has 0 bridgehead atoms. The van der Waals surface area contributed by atoms with Crippen LogP contribution in [-0.2, 0) is 4.74 Å². The molecule has 0 amide bonds. The van der Waals surface area contributed by atoms with Crippen molar-refractivity contribution >= 4 is 0 Å². The molecule has 3 rings (SSSR count). The molecule has 2 N–H and O–H groups in total. The molecular formula is C11H20N2O. The van der Waals surface area contributed by atoms with Gasteiger partial charge in [0.05, 0.1) is 6.61 Å². The van der Waals surface area contributed by atoms with E-state index < -0.39 is 0 Å². The van der Waals surface area contributed by atoms with Gasteiger partial charge in [0.15, 0.2) is 0 Å². The highest BCUT2D eigenvalue weighted by Crippen LogP contribution is 2.37. The molecule has 2 unspecified atom stereocenters. The summed E-state index contributed by atoms with van der Waals surface area (Å²) in [7, 11) is 0. The molecule has 0 aromatic heterocycles. The molecular weight excluding hydrogens is 176 g/mol. The lowest BCUT2D eigenvalue weighted by Crippen LogP contribution is -2.63. The highest BCUT2D eigenvalue weighted by molar-refractivity contribution is 4.96. The zero-order chi connectivity index (χ0) is 9.43. The number of hydrogen-bond acceptors (Lipinski definition) is 3. The summed E-state index contributed by atoms with van der Waals surface area (Å²) in [6.07, 6.45) is 6.50. The van der Waals surface area contributed by atoms with Crippen molar-refractivity contribution in [2.45, 2.75) is 43.9 Å². The van der Waals surface area contributed by atoms with Crippen LogP contribution in [0.1, 0.15) is 32.1 Å². The summed E-state index contributed by atoms with van der Waals surface area (Å²) in [5, 5.41) is 7.18. The van der Waals surface area contributed by atoms with Gasteiger partial charge in [-0.15, -0.1) is 0 Å². The van der Waals surface area contributed by atoms with Crippen molar-refractivity contribution in [3.63, 3.8) is 0 Å². The minimum absolute atomic E-state index is 0.0102. The molecule has 3 aliphatic rings. The molecule has 2 aliphatic heterocycles. The van der Waals surface area contributed by atoms with Crippen LogP contribution in [0.15, 0.2) is 0 Å². The number of rotatable bonds is 1. The number of piperidine rings is 1. The lowest BCUT2D eigenvalue weighted by molar-refractivity contribution is -0.123. The van der Waals surface area contributed by atoms with Crippen LogP contribution in [0.3, 0.4) is 0 Å². The molecule has 0 radical (unpaired) electrons.